The van der Waals surface area contributed by atoms with Gasteiger partial charge in [0, 0.05) is 18.4 Å². The van der Waals surface area contributed by atoms with Crippen molar-refractivity contribution in [3.63, 3.8) is 0 Å². The van der Waals surface area contributed by atoms with E-state index in [0.717, 1.165) is 23.5 Å². The summed E-state index contributed by atoms with van der Waals surface area (Å²) in [6.07, 6.45) is 2.68. The third-order valence-electron chi connectivity index (χ3n) is 4.22. The highest BCUT2D eigenvalue weighted by Gasteiger charge is 2.06. The molecule has 3 rings (SSSR count). The zero-order valence-electron chi connectivity index (χ0n) is 15.8. The number of nitrogens with zero attached hydrogens (tertiary/aromatic N) is 2. The van der Waals surface area contributed by atoms with Gasteiger partial charge in [-0.2, -0.15) is 4.98 Å². The first-order valence-electron chi connectivity index (χ1n) is 8.86. The Hall–Kier alpha value is -3.28. The molecule has 0 saturated heterocycles. The first kappa shape index (κ1) is 18.5. The molecule has 0 aliphatic carbocycles. The lowest BCUT2D eigenvalue weighted by atomic mass is 10.1. The van der Waals surface area contributed by atoms with Crippen LogP contribution in [0.2, 0.25) is 0 Å². The molecule has 140 valence electrons. The maximum atomic E-state index is 5.35. The lowest BCUT2D eigenvalue weighted by molar-refractivity contribution is 0.354. The van der Waals surface area contributed by atoms with Gasteiger partial charge in [-0.05, 0) is 41.8 Å². The van der Waals surface area contributed by atoms with Crippen molar-refractivity contribution in [3.8, 4) is 11.5 Å². The molecule has 2 N–H and O–H groups in total. The molecule has 1 aromatic heterocycles. The van der Waals surface area contributed by atoms with Crippen LogP contribution in [0.1, 0.15) is 18.1 Å². The minimum atomic E-state index is 0.563. The average Bonchev–Trinajstić information content (AvgIpc) is 2.72. The van der Waals surface area contributed by atoms with Gasteiger partial charge in [-0.3, -0.25) is 0 Å². The van der Waals surface area contributed by atoms with E-state index in [1.165, 1.54) is 5.56 Å². The number of ether oxygens (including phenoxy) is 2. The van der Waals surface area contributed by atoms with Crippen LogP contribution in [0, 0.1) is 0 Å². The van der Waals surface area contributed by atoms with Gasteiger partial charge in [0.15, 0.2) is 11.5 Å². The van der Waals surface area contributed by atoms with Gasteiger partial charge in [-0.25, -0.2) is 4.98 Å². The van der Waals surface area contributed by atoms with Crippen LogP contribution in [0.4, 0.5) is 17.5 Å². The van der Waals surface area contributed by atoms with Crippen molar-refractivity contribution in [2.24, 2.45) is 0 Å². The van der Waals surface area contributed by atoms with E-state index in [-0.39, 0.29) is 0 Å². The number of aromatic nitrogens is 2. The lowest BCUT2D eigenvalue weighted by Gasteiger charge is -2.12. The normalized spacial score (nSPS) is 10.3. The predicted octanol–water partition coefficient (Wildman–Crippen LogP) is 4.41. The number of benzene rings is 2. The van der Waals surface area contributed by atoms with Gasteiger partial charge in [0.25, 0.3) is 0 Å². The van der Waals surface area contributed by atoms with E-state index in [1.807, 2.05) is 42.5 Å². The summed E-state index contributed by atoms with van der Waals surface area (Å²) < 4.78 is 10.6. The molecule has 0 aliphatic rings. The number of methoxy groups -OCH3 is 2. The van der Waals surface area contributed by atoms with Crippen molar-refractivity contribution < 1.29 is 9.47 Å². The molecule has 27 heavy (non-hydrogen) atoms. The second-order valence-corrected chi connectivity index (χ2v) is 5.94. The van der Waals surface area contributed by atoms with Crippen molar-refractivity contribution in [2.45, 2.75) is 19.9 Å². The highest BCUT2D eigenvalue weighted by atomic mass is 16.5. The zero-order valence-corrected chi connectivity index (χ0v) is 15.8. The van der Waals surface area contributed by atoms with Crippen LogP contribution in [0.5, 0.6) is 11.5 Å². The van der Waals surface area contributed by atoms with E-state index < -0.39 is 0 Å². The fraction of sp³-hybridized carbons (Fsp3) is 0.238. The predicted molar refractivity (Wildman–Crippen MR) is 108 cm³/mol. The van der Waals surface area contributed by atoms with Gasteiger partial charge in [-0.15, -0.1) is 0 Å². The quantitative estimate of drug-likeness (QED) is 0.617. The molecule has 0 fully saturated rings. The van der Waals surface area contributed by atoms with E-state index in [9.17, 15) is 0 Å². The number of hydrogen-bond acceptors (Lipinski definition) is 6. The summed E-state index contributed by atoms with van der Waals surface area (Å²) in [6, 6.07) is 15.8. The number of rotatable bonds is 8. The van der Waals surface area contributed by atoms with Gasteiger partial charge >= 0.3 is 0 Å². The number of para-hydroxylation sites is 1. The molecule has 1 heterocycles. The molecule has 6 heteroatoms. The fourth-order valence-electron chi connectivity index (χ4n) is 2.77. The number of hydrogen-bond donors (Lipinski definition) is 2. The SMILES string of the molecule is CCc1ccccc1Nc1nccc(NCc2ccc(OC)c(OC)c2)n1. The van der Waals surface area contributed by atoms with Crippen molar-refractivity contribution in [3.05, 3.63) is 65.9 Å². The largest absolute Gasteiger partial charge is 0.493 e. The van der Waals surface area contributed by atoms with Gasteiger partial charge in [-0.1, -0.05) is 31.2 Å². The van der Waals surface area contributed by atoms with E-state index in [0.29, 0.717) is 24.0 Å². The molecule has 6 nitrogen and oxygen atoms in total. The Labute approximate surface area is 159 Å². The Morgan fingerprint density at radius 1 is 0.963 bits per heavy atom. The fourth-order valence-corrected chi connectivity index (χ4v) is 2.77. The molecule has 3 aromatic rings. The van der Waals surface area contributed by atoms with E-state index >= 15 is 0 Å². The van der Waals surface area contributed by atoms with Crippen LogP contribution < -0.4 is 20.1 Å². The van der Waals surface area contributed by atoms with Gasteiger partial charge < -0.3 is 20.1 Å². The number of aryl methyl sites for hydroxylation is 1. The Kier molecular flexibility index (Phi) is 6.10. The van der Waals surface area contributed by atoms with Crippen molar-refractivity contribution >= 4 is 17.5 Å². The maximum absolute atomic E-state index is 5.35. The minimum Gasteiger partial charge on any atom is -0.493 e. The Bertz CT molecular complexity index is 899. The third-order valence-corrected chi connectivity index (χ3v) is 4.22. The molecule has 0 saturated carbocycles. The molecule has 0 aliphatic heterocycles. The van der Waals surface area contributed by atoms with Crippen molar-refractivity contribution in [1.29, 1.82) is 0 Å². The van der Waals surface area contributed by atoms with Crippen LogP contribution in [0.25, 0.3) is 0 Å². The molecule has 0 atom stereocenters. The molecule has 0 bridgehead atoms. The maximum Gasteiger partial charge on any atom is 0.229 e. The first-order chi connectivity index (χ1) is 13.2. The van der Waals surface area contributed by atoms with Crippen molar-refractivity contribution in [2.75, 3.05) is 24.9 Å². The van der Waals surface area contributed by atoms with E-state index in [4.69, 9.17) is 9.47 Å². The van der Waals surface area contributed by atoms with Gasteiger partial charge in [0.1, 0.15) is 5.82 Å². The molecule has 0 amide bonds. The average molecular weight is 364 g/mol. The van der Waals surface area contributed by atoms with Crippen LogP contribution in [-0.2, 0) is 13.0 Å². The topological polar surface area (TPSA) is 68.3 Å². The molecule has 0 spiro atoms. The summed E-state index contributed by atoms with van der Waals surface area (Å²) in [7, 11) is 3.26. The summed E-state index contributed by atoms with van der Waals surface area (Å²) >= 11 is 0. The Morgan fingerprint density at radius 2 is 1.78 bits per heavy atom. The summed E-state index contributed by atoms with van der Waals surface area (Å²) in [5, 5.41) is 6.61. The van der Waals surface area contributed by atoms with Crippen LogP contribution in [0.3, 0.4) is 0 Å². The lowest BCUT2D eigenvalue weighted by Crippen LogP contribution is -2.05. The monoisotopic (exact) mass is 364 g/mol. The summed E-state index contributed by atoms with van der Waals surface area (Å²) in [4.78, 5) is 8.86. The number of nitrogens with one attached hydrogen (secondary N) is 2. The minimum absolute atomic E-state index is 0.563. The van der Waals surface area contributed by atoms with Gasteiger partial charge in [0.2, 0.25) is 5.95 Å². The highest BCUT2D eigenvalue weighted by molar-refractivity contribution is 5.59. The molecular weight excluding hydrogens is 340 g/mol. The second kappa shape index (κ2) is 8.89. The Balaban J connectivity index is 1.69. The van der Waals surface area contributed by atoms with Gasteiger partial charge in [0.05, 0.1) is 14.2 Å². The Morgan fingerprint density at radius 3 is 2.56 bits per heavy atom. The third kappa shape index (κ3) is 4.67. The standard InChI is InChI=1S/C21H24N4O2/c1-4-16-7-5-6-8-17(16)24-21-22-12-11-20(25-21)23-14-15-9-10-18(26-2)19(13-15)27-3/h5-13H,4,14H2,1-3H3,(H2,22,23,24,25). The smallest absolute Gasteiger partial charge is 0.229 e. The van der Waals surface area contributed by atoms with Crippen LogP contribution in [0.15, 0.2) is 54.7 Å². The molecule has 0 radical (unpaired) electrons. The van der Waals surface area contributed by atoms with E-state index in [2.05, 4.69) is 33.6 Å². The molecule has 0 unspecified atom stereocenters. The zero-order chi connectivity index (χ0) is 19.1. The second-order valence-electron chi connectivity index (χ2n) is 5.94. The summed E-state index contributed by atoms with van der Waals surface area (Å²) in [5.74, 6) is 2.73. The number of anilines is 3. The van der Waals surface area contributed by atoms with Crippen LogP contribution in [-0.4, -0.2) is 24.2 Å². The van der Waals surface area contributed by atoms with E-state index in [1.54, 1.807) is 20.4 Å². The van der Waals surface area contributed by atoms with Crippen molar-refractivity contribution in [1.82, 2.24) is 9.97 Å². The highest BCUT2D eigenvalue weighted by Crippen LogP contribution is 2.28. The van der Waals surface area contributed by atoms with Crippen LogP contribution >= 0.6 is 0 Å². The first-order valence-corrected chi connectivity index (χ1v) is 8.86. The summed E-state index contributed by atoms with van der Waals surface area (Å²) in [6.45, 7) is 2.74. The molecular formula is C21H24N4O2. The molecule has 2 aromatic carbocycles. The summed E-state index contributed by atoms with van der Waals surface area (Å²) in [5.41, 5.74) is 3.32.